The van der Waals surface area contributed by atoms with E-state index in [9.17, 15) is 9.90 Å². The second kappa shape index (κ2) is 7.45. The van der Waals surface area contributed by atoms with Crippen molar-refractivity contribution in [2.24, 2.45) is 52.1 Å². The first-order valence-electron chi connectivity index (χ1n) is 13.3. The van der Waals surface area contributed by atoms with Gasteiger partial charge in [-0.1, -0.05) is 34.1 Å². The Labute approximate surface area is 189 Å². The van der Waals surface area contributed by atoms with Crippen molar-refractivity contribution < 1.29 is 14.6 Å². The third-order valence-electron chi connectivity index (χ3n) is 11.2. The second-order valence-electron chi connectivity index (χ2n) is 13.1. The zero-order valence-electron chi connectivity index (χ0n) is 20.2. The van der Waals surface area contributed by atoms with E-state index in [0.29, 0.717) is 29.7 Å². The third kappa shape index (κ3) is 3.17. The van der Waals surface area contributed by atoms with Crippen molar-refractivity contribution in [1.82, 2.24) is 0 Å². The minimum atomic E-state index is -1.27. The summed E-state index contributed by atoms with van der Waals surface area (Å²) in [5, 5.41) is 11.7. The number of ether oxygens (including phenoxy) is 1. The lowest BCUT2D eigenvalue weighted by Crippen LogP contribution is -2.57. The Bertz CT molecular complexity index is 723. The van der Waals surface area contributed by atoms with E-state index < -0.39 is 5.60 Å². The molecule has 4 heteroatoms. The molecule has 176 valence electrons. The summed E-state index contributed by atoms with van der Waals surface area (Å²) in [5.41, 5.74) is 5.55. The first kappa shape index (κ1) is 22.2. The lowest BCUT2D eigenvalue weighted by atomic mass is 9.44. The molecular weight excluding hydrogens is 386 g/mol. The quantitative estimate of drug-likeness (QED) is 0.610. The van der Waals surface area contributed by atoms with E-state index in [2.05, 4.69) is 27.7 Å². The van der Waals surface area contributed by atoms with Gasteiger partial charge in [0.25, 0.3) is 0 Å². The largest absolute Gasteiger partial charge is 0.460 e. The topological polar surface area (TPSA) is 72.5 Å². The fourth-order valence-corrected chi connectivity index (χ4v) is 9.65. The molecule has 3 N–H and O–H groups in total. The van der Waals surface area contributed by atoms with E-state index in [1.165, 1.54) is 38.5 Å². The Morgan fingerprint density at radius 3 is 2.55 bits per heavy atom. The molecule has 0 aromatic carbocycles. The number of hydrogen-bond acceptors (Lipinski definition) is 4. The molecule has 5 fully saturated rings. The van der Waals surface area contributed by atoms with Crippen LogP contribution in [0.25, 0.3) is 0 Å². The van der Waals surface area contributed by atoms with Crippen LogP contribution in [0.1, 0.15) is 98.3 Å². The summed E-state index contributed by atoms with van der Waals surface area (Å²) in [5.74, 6) is 3.12. The number of rotatable bonds is 4. The Hall–Kier alpha value is -0.610. The average Bonchev–Trinajstić information content (AvgIpc) is 3.13. The first-order chi connectivity index (χ1) is 14.6. The van der Waals surface area contributed by atoms with Crippen LogP contribution in [0, 0.1) is 46.3 Å². The predicted octanol–water partition coefficient (Wildman–Crippen LogP) is 5.07. The van der Waals surface area contributed by atoms with Gasteiger partial charge in [-0.05, 0) is 105 Å². The third-order valence-corrected chi connectivity index (χ3v) is 11.2. The van der Waals surface area contributed by atoms with Crippen molar-refractivity contribution in [3.05, 3.63) is 0 Å². The molecule has 0 amide bonds. The lowest BCUT2D eigenvalue weighted by molar-refractivity contribution is -0.166. The molecule has 0 aromatic heterocycles. The van der Waals surface area contributed by atoms with Crippen LogP contribution in [-0.2, 0) is 9.53 Å². The van der Waals surface area contributed by atoms with E-state index in [4.69, 9.17) is 10.5 Å². The number of nitrogens with two attached hydrogens (primary N) is 1. The highest BCUT2D eigenvalue weighted by Crippen LogP contribution is 2.70. The van der Waals surface area contributed by atoms with E-state index >= 15 is 0 Å². The number of carbonyl (C=O) groups is 1. The highest BCUT2D eigenvalue weighted by Gasteiger charge is 2.71. The lowest BCUT2D eigenvalue weighted by Gasteiger charge is -2.61. The zero-order chi connectivity index (χ0) is 22.2. The fourth-order valence-electron chi connectivity index (χ4n) is 9.65. The molecule has 4 saturated carbocycles. The summed E-state index contributed by atoms with van der Waals surface area (Å²) in [6, 6.07) is 0.398. The minimum Gasteiger partial charge on any atom is -0.460 e. The monoisotopic (exact) mass is 431 g/mol. The summed E-state index contributed by atoms with van der Waals surface area (Å²) >= 11 is 0. The van der Waals surface area contributed by atoms with Gasteiger partial charge in [0.15, 0.2) is 5.60 Å². The van der Waals surface area contributed by atoms with Gasteiger partial charge in [0.05, 0.1) is 0 Å². The van der Waals surface area contributed by atoms with Crippen LogP contribution >= 0.6 is 0 Å². The molecule has 5 rings (SSSR count). The molecular formula is C27H45NO3. The van der Waals surface area contributed by atoms with E-state index in [0.717, 1.165) is 43.4 Å². The van der Waals surface area contributed by atoms with Gasteiger partial charge in [-0.3, -0.25) is 0 Å². The van der Waals surface area contributed by atoms with Gasteiger partial charge >= 0.3 is 5.97 Å². The average molecular weight is 432 g/mol. The maximum Gasteiger partial charge on any atom is 0.338 e. The van der Waals surface area contributed by atoms with Crippen LogP contribution in [0.5, 0.6) is 0 Å². The second-order valence-corrected chi connectivity index (χ2v) is 13.1. The van der Waals surface area contributed by atoms with E-state index in [-0.39, 0.29) is 23.4 Å². The Balaban J connectivity index is 1.40. The first-order valence-corrected chi connectivity index (χ1v) is 13.3. The van der Waals surface area contributed by atoms with Crippen LogP contribution in [-0.4, -0.2) is 28.8 Å². The van der Waals surface area contributed by atoms with Crippen LogP contribution in [0.4, 0.5) is 0 Å². The van der Waals surface area contributed by atoms with Gasteiger partial charge in [0.1, 0.15) is 6.10 Å². The molecule has 1 heterocycles. The van der Waals surface area contributed by atoms with Crippen molar-refractivity contribution in [2.75, 3.05) is 0 Å². The van der Waals surface area contributed by atoms with Crippen molar-refractivity contribution in [1.29, 1.82) is 0 Å². The molecule has 0 radical (unpaired) electrons. The number of esters is 1. The summed E-state index contributed by atoms with van der Waals surface area (Å²) in [6.07, 6.45) is 12.1. The molecule has 4 aliphatic carbocycles. The molecule has 31 heavy (non-hydrogen) atoms. The summed E-state index contributed by atoms with van der Waals surface area (Å²) < 4.78 is 5.94. The molecule has 5 aliphatic rings. The van der Waals surface area contributed by atoms with Gasteiger partial charge in [-0.2, -0.15) is 0 Å². The highest BCUT2D eigenvalue weighted by atomic mass is 16.6. The molecule has 4 nitrogen and oxygen atoms in total. The smallest absolute Gasteiger partial charge is 0.338 e. The highest BCUT2D eigenvalue weighted by molar-refractivity contribution is 5.82. The summed E-state index contributed by atoms with van der Waals surface area (Å²) in [7, 11) is 0. The maximum atomic E-state index is 12.9. The van der Waals surface area contributed by atoms with Crippen LogP contribution in [0.3, 0.4) is 0 Å². The van der Waals surface area contributed by atoms with Crippen LogP contribution in [0.15, 0.2) is 0 Å². The van der Waals surface area contributed by atoms with E-state index in [1.807, 2.05) is 0 Å². The maximum absolute atomic E-state index is 12.9. The number of fused-ring (bicyclic) bond motifs is 7. The molecule has 0 bridgehead atoms. The van der Waals surface area contributed by atoms with E-state index in [1.54, 1.807) is 0 Å². The Morgan fingerprint density at radius 2 is 1.81 bits per heavy atom. The van der Waals surface area contributed by atoms with Crippen LogP contribution < -0.4 is 5.73 Å². The predicted molar refractivity (Wildman–Crippen MR) is 122 cm³/mol. The van der Waals surface area contributed by atoms with Gasteiger partial charge in [0, 0.05) is 12.0 Å². The van der Waals surface area contributed by atoms with Gasteiger partial charge < -0.3 is 15.6 Å². The Kier molecular flexibility index (Phi) is 5.33. The normalized spacial score (nSPS) is 53.5. The van der Waals surface area contributed by atoms with Crippen molar-refractivity contribution in [3.8, 4) is 0 Å². The standard InChI is InChI=1S/C27H45NO3/c1-16(2)6-5-11-27(30)23-22(31-24(27)29)15-21-19-8-7-17-14-18(28)9-12-25(17,3)20(19)10-13-26(21,23)4/h16-23,30H,5-15,28H2,1-4H3. The molecule has 10 atom stereocenters. The Morgan fingerprint density at radius 1 is 1.06 bits per heavy atom. The van der Waals surface area contributed by atoms with Crippen molar-refractivity contribution in [3.63, 3.8) is 0 Å². The molecule has 0 aromatic rings. The zero-order valence-corrected chi connectivity index (χ0v) is 20.2. The minimum absolute atomic E-state index is 0.0177. The molecule has 1 saturated heterocycles. The molecule has 0 spiro atoms. The molecule has 1 aliphatic heterocycles. The van der Waals surface area contributed by atoms with Gasteiger partial charge in [-0.25, -0.2) is 4.79 Å². The summed E-state index contributed by atoms with van der Waals surface area (Å²) in [4.78, 5) is 12.9. The van der Waals surface area contributed by atoms with Crippen LogP contribution in [0.2, 0.25) is 0 Å². The van der Waals surface area contributed by atoms with Gasteiger partial charge in [0.2, 0.25) is 0 Å². The fraction of sp³-hybridized carbons (Fsp3) is 0.963. The number of hydrogen-bond donors (Lipinski definition) is 2. The number of carbonyl (C=O) groups excluding carboxylic acids is 1. The van der Waals surface area contributed by atoms with Crippen molar-refractivity contribution >= 4 is 5.97 Å². The number of aliphatic hydroxyl groups is 1. The summed E-state index contributed by atoms with van der Waals surface area (Å²) in [6.45, 7) is 9.40. The SMILES string of the molecule is CC(C)CCCC1(O)C(=O)OC2CC3C4CCC5CC(N)CCC5(C)C4CCC3(C)C21. The molecule has 10 unspecified atom stereocenters. The van der Waals surface area contributed by atoms with Gasteiger partial charge in [-0.15, -0.1) is 0 Å². The van der Waals surface area contributed by atoms with Crippen molar-refractivity contribution in [2.45, 2.75) is 116 Å².